The molecule has 3 aliphatic heterocycles. The van der Waals surface area contributed by atoms with Gasteiger partial charge in [0.25, 0.3) is 0 Å². The first-order valence-electron chi connectivity index (χ1n) is 14.0. The molecule has 7 nitrogen and oxygen atoms in total. The highest BCUT2D eigenvalue weighted by Gasteiger charge is 2.78. The number of aliphatic hydroxyl groups is 1. The number of rotatable bonds is 13. The van der Waals surface area contributed by atoms with E-state index in [-0.39, 0.29) is 31.0 Å². The molecular formula is C30H42N2O5S. The van der Waals surface area contributed by atoms with Crippen LogP contribution in [-0.2, 0) is 25.5 Å². The lowest BCUT2D eigenvalue weighted by Gasteiger charge is -2.39. The Bertz CT molecular complexity index is 1030. The fourth-order valence-corrected chi connectivity index (χ4v) is 9.26. The molecule has 38 heavy (non-hydrogen) atoms. The Balaban J connectivity index is 1.78. The van der Waals surface area contributed by atoms with E-state index in [0.29, 0.717) is 25.9 Å². The van der Waals surface area contributed by atoms with Crippen molar-refractivity contribution in [2.45, 2.75) is 80.9 Å². The van der Waals surface area contributed by atoms with Crippen molar-refractivity contribution in [1.29, 1.82) is 0 Å². The van der Waals surface area contributed by atoms with Gasteiger partial charge >= 0.3 is 5.97 Å². The summed E-state index contributed by atoms with van der Waals surface area (Å²) in [5, 5.41) is 10.6. The van der Waals surface area contributed by atoms with Gasteiger partial charge in [0.2, 0.25) is 11.8 Å². The predicted octanol–water partition coefficient (Wildman–Crippen LogP) is 3.84. The molecule has 0 radical (unpaired) electrons. The number of carbonyl (C=O) groups excluding carboxylic acids is 3. The number of hydrogen-bond acceptors (Lipinski definition) is 6. The van der Waals surface area contributed by atoms with Crippen molar-refractivity contribution in [3.8, 4) is 0 Å². The fraction of sp³-hybridized carbons (Fsp3) is 0.633. The van der Waals surface area contributed by atoms with E-state index in [9.17, 15) is 19.5 Å². The van der Waals surface area contributed by atoms with E-state index in [1.54, 1.807) is 29.7 Å². The van der Waals surface area contributed by atoms with Gasteiger partial charge in [-0.3, -0.25) is 14.4 Å². The number of hydrogen-bond donors (Lipinski definition) is 1. The van der Waals surface area contributed by atoms with Crippen molar-refractivity contribution >= 4 is 29.5 Å². The van der Waals surface area contributed by atoms with Gasteiger partial charge in [0.1, 0.15) is 6.04 Å². The molecule has 6 atom stereocenters. The molecule has 3 saturated heterocycles. The first kappa shape index (κ1) is 28.7. The Hall–Kier alpha value is -2.32. The number of aliphatic hydroxyl groups excluding tert-OH is 1. The molecule has 2 bridgehead atoms. The van der Waals surface area contributed by atoms with Gasteiger partial charge in [0.15, 0.2) is 0 Å². The molecule has 3 aliphatic rings. The minimum atomic E-state index is -0.756. The first-order chi connectivity index (χ1) is 18.3. The number of nitrogens with zero attached hydrogens (tertiary/aromatic N) is 2. The number of ether oxygens (including phenoxy) is 1. The van der Waals surface area contributed by atoms with Crippen molar-refractivity contribution < 1.29 is 24.2 Å². The third-order valence-electron chi connectivity index (χ3n) is 8.60. The van der Waals surface area contributed by atoms with Gasteiger partial charge in [-0.2, -0.15) is 0 Å². The third-order valence-corrected chi connectivity index (χ3v) is 10.6. The van der Waals surface area contributed by atoms with E-state index < -0.39 is 33.4 Å². The van der Waals surface area contributed by atoms with Gasteiger partial charge in [0.05, 0.1) is 35.8 Å². The summed E-state index contributed by atoms with van der Waals surface area (Å²) in [4.78, 5) is 45.6. The standard InChI is InChI=1S/C30H42N2O5S/c1-5-8-12-18-31(17-6-2)27(35)25-30-16-15-29(4,38-30)24(28(36)37-7-3)23(30)26(34)32(25)22(20-33)19-21-13-10-9-11-14-21/h6,9-11,13-14,22-25,33H,2,5,7-8,12,15-20H2,1,3-4H3/t22-,23+,24+,25?,29-,30?/m1/s1. The number of carbonyl (C=O) groups is 3. The number of amides is 2. The van der Waals surface area contributed by atoms with Crippen LogP contribution >= 0.6 is 11.8 Å². The lowest BCUT2D eigenvalue weighted by Crippen LogP contribution is -2.58. The summed E-state index contributed by atoms with van der Waals surface area (Å²) in [6.45, 7) is 10.8. The van der Waals surface area contributed by atoms with Crippen LogP contribution in [0.3, 0.4) is 0 Å². The Morgan fingerprint density at radius 2 is 2.00 bits per heavy atom. The zero-order chi connectivity index (χ0) is 27.5. The van der Waals surface area contributed by atoms with E-state index in [1.165, 1.54) is 0 Å². The Morgan fingerprint density at radius 3 is 2.63 bits per heavy atom. The van der Waals surface area contributed by atoms with Crippen LogP contribution in [0.1, 0.15) is 58.4 Å². The normalized spacial score (nSPS) is 30.3. The second-order valence-corrected chi connectivity index (χ2v) is 12.9. The molecule has 3 heterocycles. The molecule has 2 unspecified atom stereocenters. The molecule has 0 saturated carbocycles. The second-order valence-electron chi connectivity index (χ2n) is 11.0. The quantitative estimate of drug-likeness (QED) is 0.232. The molecule has 8 heteroatoms. The number of unbranched alkanes of at least 4 members (excludes halogenated alkanes) is 2. The average molecular weight is 543 g/mol. The Morgan fingerprint density at radius 1 is 1.26 bits per heavy atom. The molecule has 1 N–H and O–H groups in total. The summed E-state index contributed by atoms with van der Waals surface area (Å²) in [7, 11) is 0. The van der Waals surface area contributed by atoms with Crippen LogP contribution in [0.15, 0.2) is 43.0 Å². The van der Waals surface area contributed by atoms with Crippen LogP contribution in [0, 0.1) is 11.8 Å². The molecule has 208 valence electrons. The lowest BCUT2D eigenvalue weighted by molar-refractivity contribution is -0.155. The number of fused-ring (bicyclic) bond motifs is 1. The minimum Gasteiger partial charge on any atom is -0.466 e. The van der Waals surface area contributed by atoms with Gasteiger partial charge < -0.3 is 19.6 Å². The van der Waals surface area contributed by atoms with Gasteiger partial charge in [-0.1, -0.05) is 56.2 Å². The summed E-state index contributed by atoms with van der Waals surface area (Å²) in [5.41, 5.74) is 0.983. The van der Waals surface area contributed by atoms with Crippen molar-refractivity contribution in [1.82, 2.24) is 9.80 Å². The number of likely N-dealkylation sites (tertiary alicyclic amines) is 1. The summed E-state index contributed by atoms with van der Waals surface area (Å²) in [6, 6.07) is 8.40. The SMILES string of the molecule is C=CCN(CCCCC)C(=O)C1N([C@@H](CO)Cc2ccccc2)C(=O)[C@@H]2[C@@H](C(=O)OCC)[C@@]3(C)CCC12S3. The number of esters is 1. The Labute approximate surface area is 231 Å². The highest BCUT2D eigenvalue weighted by Crippen LogP contribution is 2.71. The molecule has 4 rings (SSSR count). The highest BCUT2D eigenvalue weighted by molar-refractivity contribution is 8.02. The van der Waals surface area contributed by atoms with E-state index in [2.05, 4.69) is 13.5 Å². The maximum atomic E-state index is 14.5. The van der Waals surface area contributed by atoms with Gasteiger partial charge in [-0.15, -0.1) is 18.3 Å². The summed E-state index contributed by atoms with van der Waals surface area (Å²) >= 11 is 1.64. The smallest absolute Gasteiger partial charge is 0.311 e. The van der Waals surface area contributed by atoms with Crippen LogP contribution in [0.4, 0.5) is 0 Å². The van der Waals surface area contributed by atoms with Crippen molar-refractivity contribution in [2.75, 3.05) is 26.3 Å². The van der Waals surface area contributed by atoms with Crippen LogP contribution in [0.2, 0.25) is 0 Å². The second kappa shape index (κ2) is 11.8. The monoisotopic (exact) mass is 542 g/mol. The number of benzene rings is 1. The van der Waals surface area contributed by atoms with E-state index in [1.807, 2.05) is 42.2 Å². The molecule has 0 aliphatic carbocycles. The van der Waals surface area contributed by atoms with Gasteiger partial charge in [-0.05, 0) is 45.1 Å². The maximum Gasteiger partial charge on any atom is 0.311 e. The van der Waals surface area contributed by atoms with E-state index in [4.69, 9.17) is 4.74 Å². The van der Waals surface area contributed by atoms with Gasteiger partial charge in [-0.25, -0.2) is 0 Å². The molecule has 1 spiro atoms. The van der Waals surface area contributed by atoms with Gasteiger partial charge in [0, 0.05) is 17.8 Å². The van der Waals surface area contributed by atoms with E-state index in [0.717, 1.165) is 31.2 Å². The molecular weight excluding hydrogens is 500 g/mol. The molecule has 0 aromatic heterocycles. The van der Waals surface area contributed by atoms with Crippen LogP contribution in [-0.4, -0.2) is 80.6 Å². The van der Waals surface area contributed by atoms with Crippen molar-refractivity contribution in [2.24, 2.45) is 11.8 Å². The molecule has 2 amide bonds. The van der Waals surface area contributed by atoms with Crippen molar-refractivity contribution in [3.05, 3.63) is 48.6 Å². The van der Waals surface area contributed by atoms with Crippen LogP contribution < -0.4 is 0 Å². The zero-order valence-corrected chi connectivity index (χ0v) is 23.8. The largest absolute Gasteiger partial charge is 0.466 e. The summed E-state index contributed by atoms with van der Waals surface area (Å²) in [6.07, 6.45) is 6.49. The third kappa shape index (κ3) is 4.90. The van der Waals surface area contributed by atoms with Crippen LogP contribution in [0.25, 0.3) is 0 Å². The maximum absolute atomic E-state index is 14.5. The average Bonchev–Trinajstić information content (AvgIpc) is 3.48. The van der Waals surface area contributed by atoms with Crippen molar-refractivity contribution in [3.63, 3.8) is 0 Å². The predicted molar refractivity (Wildman–Crippen MR) is 150 cm³/mol. The fourth-order valence-electron chi connectivity index (χ4n) is 6.94. The summed E-state index contributed by atoms with van der Waals surface area (Å²) in [5.74, 6) is -1.93. The lowest BCUT2D eigenvalue weighted by atomic mass is 9.66. The molecule has 1 aromatic carbocycles. The highest BCUT2D eigenvalue weighted by atomic mass is 32.2. The minimum absolute atomic E-state index is 0.107. The Kier molecular flexibility index (Phi) is 8.92. The topological polar surface area (TPSA) is 87.2 Å². The zero-order valence-electron chi connectivity index (χ0n) is 22.9. The number of thioether (sulfide) groups is 1. The molecule has 3 fully saturated rings. The summed E-state index contributed by atoms with van der Waals surface area (Å²) < 4.78 is 4.29. The first-order valence-corrected chi connectivity index (χ1v) is 14.8. The molecule has 1 aromatic rings. The van der Waals surface area contributed by atoms with Crippen LogP contribution in [0.5, 0.6) is 0 Å². The van der Waals surface area contributed by atoms with E-state index >= 15 is 0 Å².